The molecule has 3 aromatic carbocycles. The van der Waals surface area contributed by atoms with E-state index in [2.05, 4.69) is 37.6 Å². The summed E-state index contributed by atoms with van der Waals surface area (Å²) in [7, 11) is -1.88. The zero-order chi connectivity index (χ0) is 32.3. The topological polar surface area (TPSA) is 176 Å². The second kappa shape index (κ2) is 12.7. The number of amidine groups is 1. The van der Waals surface area contributed by atoms with Crippen LogP contribution >= 0.6 is 11.6 Å². The van der Waals surface area contributed by atoms with Crippen LogP contribution in [0.25, 0.3) is 16.6 Å². The number of carbonyl (C=O) groups is 1. The number of para-hydroxylation sites is 1. The first-order valence-electron chi connectivity index (χ1n) is 13.5. The average Bonchev–Trinajstić information content (AvgIpc) is 3.48. The number of rotatable bonds is 8. The number of benzene rings is 3. The minimum Gasteiger partial charge on any atom is -0.371 e. The highest BCUT2D eigenvalue weighted by Gasteiger charge is 2.22. The fraction of sp³-hybridized carbons (Fsp3) is 0.133. The lowest BCUT2D eigenvalue weighted by molar-refractivity contribution is 0.262. The standard InChI is InChI=1S/C30H28ClN9O4S/c1-17(36-27(33-3)25-26(32-2)35-16-34-25)28-38-22-13-8-11-20(31)24(22)29(41)40(28)19-10-7-9-18(15-19)37-30(42)39-21-12-5-6-14-23(21)45(4,43)44/h5-17,32H,3H2,1-2,4H3,(H,34,35)(H2,37,39,42)/t17-/m0/s1. The van der Waals surface area contributed by atoms with Gasteiger partial charge in [-0.2, -0.15) is 0 Å². The molecule has 0 fully saturated rings. The lowest BCUT2D eigenvalue weighted by Crippen LogP contribution is -2.26. The second-order valence-corrected chi connectivity index (χ2v) is 12.2. The second-order valence-electron chi connectivity index (χ2n) is 9.81. The molecule has 0 aliphatic carbocycles. The molecule has 0 aliphatic rings. The molecule has 0 spiro atoms. The van der Waals surface area contributed by atoms with E-state index < -0.39 is 27.5 Å². The van der Waals surface area contributed by atoms with E-state index in [1.807, 2.05) is 0 Å². The van der Waals surface area contributed by atoms with E-state index in [4.69, 9.17) is 21.6 Å². The Bertz CT molecular complexity index is 2140. The van der Waals surface area contributed by atoms with Gasteiger partial charge in [0.25, 0.3) is 5.56 Å². The minimum absolute atomic E-state index is 0.0240. The first kappa shape index (κ1) is 31.1. The number of hydrogen-bond donors (Lipinski definition) is 4. The van der Waals surface area contributed by atoms with Gasteiger partial charge >= 0.3 is 6.03 Å². The van der Waals surface area contributed by atoms with Crippen LogP contribution in [0.5, 0.6) is 0 Å². The largest absolute Gasteiger partial charge is 0.371 e. The molecule has 0 saturated heterocycles. The summed E-state index contributed by atoms with van der Waals surface area (Å²) in [4.78, 5) is 47.7. The number of fused-ring (bicyclic) bond motifs is 1. The fourth-order valence-electron chi connectivity index (χ4n) is 4.72. The van der Waals surface area contributed by atoms with Crippen LogP contribution in [0.15, 0.2) is 92.7 Å². The lowest BCUT2D eigenvalue weighted by atomic mass is 10.2. The maximum Gasteiger partial charge on any atom is 0.323 e. The summed E-state index contributed by atoms with van der Waals surface area (Å²) in [6, 6.07) is 16.2. The first-order chi connectivity index (χ1) is 21.5. The van der Waals surface area contributed by atoms with Crippen molar-refractivity contribution in [1.82, 2.24) is 19.5 Å². The summed E-state index contributed by atoms with van der Waals surface area (Å²) >= 11 is 6.45. The predicted molar refractivity (Wildman–Crippen MR) is 177 cm³/mol. The monoisotopic (exact) mass is 645 g/mol. The Morgan fingerprint density at radius 1 is 1.09 bits per heavy atom. The number of imidazole rings is 1. The number of sulfone groups is 1. The number of nitrogens with zero attached hydrogens (tertiary/aromatic N) is 5. The maximum absolute atomic E-state index is 14.0. The van der Waals surface area contributed by atoms with Gasteiger partial charge in [-0.05, 0) is 56.1 Å². The highest BCUT2D eigenvalue weighted by molar-refractivity contribution is 7.90. The van der Waals surface area contributed by atoms with Crippen molar-refractivity contribution in [2.75, 3.05) is 29.3 Å². The third-order valence-corrected chi connectivity index (χ3v) is 8.18. The SMILES string of the molecule is C=NC(=N[C@@H](C)c1nc2cccc(Cl)c2c(=O)n1-c1cccc(NC(=O)Nc2ccccc2S(C)(=O)=O)c1)c1[nH]cnc1NC. The molecule has 4 N–H and O–H groups in total. The zero-order valence-corrected chi connectivity index (χ0v) is 25.9. The van der Waals surface area contributed by atoms with Crippen LogP contribution in [0, 0.1) is 0 Å². The van der Waals surface area contributed by atoms with Crippen molar-refractivity contribution in [2.24, 2.45) is 9.98 Å². The number of anilines is 3. The van der Waals surface area contributed by atoms with Gasteiger partial charge in [0.2, 0.25) is 0 Å². The van der Waals surface area contributed by atoms with Crippen molar-refractivity contribution >= 4 is 68.1 Å². The summed E-state index contributed by atoms with van der Waals surface area (Å²) in [5.41, 5.74) is 1.25. The van der Waals surface area contributed by atoms with Crippen LogP contribution < -0.4 is 21.5 Å². The summed E-state index contributed by atoms with van der Waals surface area (Å²) in [6.07, 6.45) is 2.55. The molecule has 0 radical (unpaired) electrons. The van der Waals surface area contributed by atoms with Crippen LogP contribution in [-0.2, 0) is 9.84 Å². The van der Waals surface area contributed by atoms with Crippen LogP contribution in [0.2, 0.25) is 5.02 Å². The van der Waals surface area contributed by atoms with Gasteiger partial charge in [-0.15, -0.1) is 0 Å². The van der Waals surface area contributed by atoms with E-state index in [9.17, 15) is 18.0 Å². The van der Waals surface area contributed by atoms with E-state index in [-0.39, 0.29) is 32.7 Å². The number of urea groups is 1. The summed E-state index contributed by atoms with van der Waals surface area (Å²) < 4.78 is 25.7. The van der Waals surface area contributed by atoms with Crippen molar-refractivity contribution in [1.29, 1.82) is 0 Å². The summed E-state index contributed by atoms with van der Waals surface area (Å²) in [5.74, 6) is 1.03. The Morgan fingerprint density at radius 3 is 2.58 bits per heavy atom. The van der Waals surface area contributed by atoms with Gasteiger partial charge in [-0.25, -0.2) is 28.2 Å². The van der Waals surface area contributed by atoms with Crippen molar-refractivity contribution in [3.63, 3.8) is 0 Å². The smallest absolute Gasteiger partial charge is 0.323 e. The van der Waals surface area contributed by atoms with Gasteiger partial charge in [0.05, 0.1) is 38.5 Å². The summed E-state index contributed by atoms with van der Waals surface area (Å²) in [6.45, 7) is 5.40. The molecule has 5 rings (SSSR count). The van der Waals surface area contributed by atoms with E-state index in [1.54, 1.807) is 68.6 Å². The van der Waals surface area contributed by atoms with E-state index >= 15 is 0 Å². The molecule has 1 atom stereocenters. The van der Waals surface area contributed by atoms with E-state index in [0.717, 1.165) is 6.26 Å². The van der Waals surface area contributed by atoms with Gasteiger partial charge in [-0.1, -0.05) is 35.9 Å². The predicted octanol–water partition coefficient (Wildman–Crippen LogP) is 5.06. The van der Waals surface area contributed by atoms with Gasteiger partial charge in [0, 0.05) is 19.0 Å². The Hall–Kier alpha value is -5.34. The molecule has 2 heterocycles. The van der Waals surface area contributed by atoms with Crippen molar-refractivity contribution in [2.45, 2.75) is 17.9 Å². The normalized spacial score (nSPS) is 12.5. The van der Waals surface area contributed by atoms with Crippen LogP contribution in [0.3, 0.4) is 0 Å². The molecule has 15 heteroatoms. The Balaban J connectivity index is 1.57. The van der Waals surface area contributed by atoms with Gasteiger partial charge in [0.1, 0.15) is 17.6 Å². The molecular weight excluding hydrogens is 618 g/mol. The number of hydrogen-bond acceptors (Lipinski definition) is 8. The molecule has 0 unspecified atom stereocenters. The number of aliphatic imine (C=N–C) groups is 2. The van der Waals surface area contributed by atoms with E-state index in [1.165, 1.54) is 23.0 Å². The number of halogens is 1. The fourth-order valence-corrected chi connectivity index (χ4v) is 5.81. The lowest BCUT2D eigenvalue weighted by Gasteiger charge is -2.18. The van der Waals surface area contributed by atoms with Crippen molar-refractivity contribution in [3.8, 4) is 5.69 Å². The van der Waals surface area contributed by atoms with Crippen molar-refractivity contribution < 1.29 is 13.2 Å². The number of aromatic nitrogens is 4. The molecule has 2 aromatic heterocycles. The molecule has 230 valence electrons. The van der Waals surface area contributed by atoms with Crippen LogP contribution in [0.4, 0.5) is 22.0 Å². The van der Waals surface area contributed by atoms with Gasteiger partial charge in [0.15, 0.2) is 21.5 Å². The Labute approximate surface area is 263 Å². The number of carbonyl (C=O) groups excluding carboxylic acids is 1. The zero-order valence-electron chi connectivity index (χ0n) is 24.4. The van der Waals surface area contributed by atoms with Gasteiger partial charge in [-0.3, -0.25) is 14.4 Å². The quantitative estimate of drug-likeness (QED) is 0.135. The number of nitrogens with one attached hydrogen (secondary N) is 4. The van der Waals surface area contributed by atoms with Crippen LogP contribution in [-0.4, -0.2) is 59.8 Å². The minimum atomic E-state index is -3.59. The van der Waals surface area contributed by atoms with Crippen LogP contribution in [0.1, 0.15) is 24.5 Å². The first-order valence-corrected chi connectivity index (χ1v) is 15.7. The maximum atomic E-state index is 14.0. The number of amides is 2. The third kappa shape index (κ3) is 6.46. The van der Waals surface area contributed by atoms with Gasteiger partial charge < -0.3 is 20.9 Å². The molecule has 5 aromatic rings. The highest BCUT2D eigenvalue weighted by Crippen LogP contribution is 2.27. The molecule has 0 aliphatic heterocycles. The molecule has 45 heavy (non-hydrogen) atoms. The molecule has 2 amide bonds. The summed E-state index contributed by atoms with van der Waals surface area (Å²) in [5, 5.41) is 8.66. The number of H-pyrrole nitrogens is 1. The Kier molecular flexibility index (Phi) is 8.79. The molecule has 0 bridgehead atoms. The highest BCUT2D eigenvalue weighted by atomic mass is 35.5. The van der Waals surface area contributed by atoms with Crippen molar-refractivity contribution in [3.05, 3.63) is 100.0 Å². The molecule has 0 saturated carbocycles. The average molecular weight is 646 g/mol. The number of aromatic amines is 1. The van der Waals surface area contributed by atoms with E-state index in [0.29, 0.717) is 28.4 Å². The third-order valence-electron chi connectivity index (χ3n) is 6.71. The molecular formula is C30H28ClN9O4S. The molecule has 13 nitrogen and oxygen atoms in total. The Morgan fingerprint density at radius 2 is 1.84 bits per heavy atom.